The van der Waals surface area contributed by atoms with Crippen LogP contribution in [-0.2, 0) is 0 Å². The van der Waals surface area contributed by atoms with Gasteiger partial charge in [0.1, 0.15) is 0 Å². The average molecular weight is 415 g/mol. The van der Waals surface area contributed by atoms with Crippen LogP contribution in [-0.4, -0.2) is 11.2 Å². The van der Waals surface area contributed by atoms with Crippen molar-refractivity contribution in [3.63, 3.8) is 0 Å². The Morgan fingerprint density at radius 1 is 1.00 bits per heavy atom. The van der Waals surface area contributed by atoms with Crippen LogP contribution in [0.25, 0.3) is 0 Å². The molecule has 0 amide bonds. The maximum absolute atomic E-state index is 10.2. The van der Waals surface area contributed by atoms with E-state index in [1.807, 2.05) is 0 Å². The molecule has 9 atom stereocenters. The molecule has 0 aromatic heterocycles. The van der Waals surface area contributed by atoms with Gasteiger partial charge in [0.25, 0.3) is 0 Å². The molecule has 1 N–H and O–H groups in total. The van der Waals surface area contributed by atoms with E-state index in [9.17, 15) is 5.11 Å². The summed E-state index contributed by atoms with van der Waals surface area (Å²) in [5.74, 6) is 6.31. The fourth-order valence-corrected chi connectivity index (χ4v) is 9.30. The van der Waals surface area contributed by atoms with Crippen molar-refractivity contribution in [2.75, 3.05) is 0 Å². The number of hydrogen-bond donors (Lipinski definition) is 1. The van der Waals surface area contributed by atoms with Gasteiger partial charge in [-0.25, -0.2) is 0 Å². The van der Waals surface area contributed by atoms with Gasteiger partial charge in [0, 0.05) is 0 Å². The molecular weight excluding hydrogens is 364 g/mol. The Morgan fingerprint density at radius 3 is 2.47 bits per heavy atom. The highest BCUT2D eigenvalue weighted by Gasteiger charge is 2.59. The third-order valence-corrected chi connectivity index (χ3v) is 11.3. The van der Waals surface area contributed by atoms with Crippen molar-refractivity contribution in [3.05, 3.63) is 11.6 Å². The monoisotopic (exact) mass is 414 g/mol. The van der Waals surface area contributed by atoms with Crippen LogP contribution < -0.4 is 0 Å². The summed E-state index contributed by atoms with van der Waals surface area (Å²) in [5.41, 5.74) is 2.59. The number of aliphatic hydroxyl groups excluding tert-OH is 1. The van der Waals surface area contributed by atoms with Gasteiger partial charge >= 0.3 is 0 Å². The van der Waals surface area contributed by atoms with Crippen molar-refractivity contribution < 1.29 is 5.11 Å². The quantitative estimate of drug-likeness (QED) is 0.436. The lowest BCUT2D eigenvalue weighted by Crippen LogP contribution is -2.50. The normalized spacial score (nSPS) is 45.3. The fourth-order valence-electron chi connectivity index (χ4n) is 9.30. The molecule has 0 heterocycles. The van der Waals surface area contributed by atoms with Crippen molar-refractivity contribution >= 4 is 0 Å². The predicted octanol–water partition coefficient (Wildman–Crippen LogP) is 8.02. The standard InChI is InChI=1S/C29H50O/c1-7-21(19(2)3)9-8-20(4)25-12-13-26-24-11-10-22-18-23(30)14-16-28(22,5)27(24)15-17-29(25,26)6/h10,19-21,23-27,30H,7-9,11-18H2,1-6H3/t20-,21+,23-,24-,25-,26-,27-,28+,29-/m0/s1. The van der Waals surface area contributed by atoms with Gasteiger partial charge in [0.2, 0.25) is 0 Å². The van der Waals surface area contributed by atoms with Gasteiger partial charge in [-0.05, 0) is 110 Å². The first-order valence-corrected chi connectivity index (χ1v) is 13.6. The van der Waals surface area contributed by atoms with Crippen LogP contribution in [0.3, 0.4) is 0 Å². The van der Waals surface area contributed by atoms with Gasteiger partial charge in [-0.15, -0.1) is 0 Å². The Bertz CT molecular complexity index is 634. The van der Waals surface area contributed by atoms with E-state index >= 15 is 0 Å². The summed E-state index contributed by atoms with van der Waals surface area (Å²) in [4.78, 5) is 0. The van der Waals surface area contributed by atoms with Crippen LogP contribution in [0.1, 0.15) is 112 Å². The van der Waals surface area contributed by atoms with Crippen LogP contribution in [0, 0.1) is 52.3 Å². The van der Waals surface area contributed by atoms with Gasteiger partial charge in [-0.3, -0.25) is 0 Å². The van der Waals surface area contributed by atoms with E-state index in [0.717, 1.165) is 54.3 Å². The number of fused-ring (bicyclic) bond motifs is 5. The zero-order valence-electron chi connectivity index (χ0n) is 20.9. The molecule has 0 bridgehead atoms. The molecule has 0 unspecified atom stereocenters. The highest BCUT2D eigenvalue weighted by Crippen LogP contribution is 2.67. The molecule has 3 saturated carbocycles. The van der Waals surface area contributed by atoms with Crippen molar-refractivity contribution in [2.24, 2.45) is 52.3 Å². The summed E-state index contributed by atoms with van der Waals surface area (Å²) in [5, 5.41) is 10.2. The molecule has 0 spiro atoms. The third kappa shape index (κ3) is 3.74. The van der Waals surface area contributed by atoms with Gasteiger partial charge in [0.15, 0.2) is 0 Å². The molecule has 30 heavy (non-hydrogen) atoms. The molecule has 172 valence electrons. The second-order valence-electron chi connectivity index (χ2n) is 12.9. The Hall–Kier alpha value is -0.300. The number of hydrogen-bond acceptors (Lipinski definition) is 1. The zero-order valence-corrected chi connectivity index (χ0v) is 20.9. The van der Waals surface area contributed by atoms with Gasteiger partial charge in [-0.1, -0.05) is 66.0 Å². The molecule has 4 aliphatic carbocycles. The first kappa shape index (κ1) is 22.9. The van der Waals surface area contributed by atoms with Crippen molar-refractivity contribution in [3.8, 4) is 0 Å². The molecule has 0 radical (unpaired) electrons. The number of aliphatic hydroxyl groups is 1. The average Bonchev–Trinajstić information content (AvgIpc) is 3.06. The molecule has 1 heteroatoms. The van der Waals surface area contributed by atoms with E-state index in [4.69, 9.17) is 0 Å². The summed E-state index contributed by atoms with van der Waals surface area (Å²) >= 11 is 0. The van der Waals surface area contributed by atoms with E-state index in [2.05, 4.69) is 47.6 Å². The summed E-state index contributed by atoms with van der Waals surface area (Å²) in [6.45, 7) is 15.1. The lowest BCUT2D eigenvalue weighted by Gasteiger charge is -2.58. The molecule has 1 nitrogen and oxygen atoms in total. The fraction of sp³-hybridized carbons (Fsp3) is 0.931. The second kappa shape index (κ2) is 8.57. The first-order chi connectivity index (χ1) is 14.2. The van der Waals surface area contributed by atoms with Crippen LogP contribution in [0.5, 0.6) is 0 Å². The van der Waals surface area contributed by atoms with E-state index in [1.165, 1.54) is 57.8 Å². The lowest BCUT2D eigenvalue weighted by molar-refractivity contribution is -0.0575. The largest absolute Gasteiger partial charge is 0.393 e. The van der Waals surface area contributed by atoms with Crippen LogP contribution in [0.4, 0.5) is 0 Å². The molecule has 0 aromatic rings. The maximum atomic E-state index is 10.2. The van der Waals surface area contributed by atoms with Crippen molar-refractivity contribution in [1.82, 2.24) is 0 Å². The highest BCUT2D eigenvalue weighted by atomic mass is 16.3. The summed E-state index contributed by atoms with van der Waals surface area (Å²) in [6, 6.07) is 0. The smallest absolute Gasteiger partial charge is 0.0577 e. The molecule has 4 rings (SSSR count). The molecule has 0 aliphatic heterocycles. The second-order valence-corrected chi connectivity index (χ2v) is 12.9. The van der Waals surface area contributed by atoms with E-state index in [0.29, 0.717) is 10.8 Å². The minimum atomic E-state index is -0.0794. The van der Waals surface area contributed by atoms with Crippen LogP contribution in [0.15, 0.2) is 11.6 Å². The summed E-state index contributed by atoms with van der Waals surface area (Å²) in [7, 11) is 0. The number of rotatable bonds is 6. The zero-order chi connectivity index (χ0) is 21.7. The summed E-state index contributed by atoms with van der Waals surface area (Å²) < 4.78 is 0. The van der Waals surface area contributed by atoms with Crippen LogP contribution >= 0.6 is 0 Å². The van der Waals surface area contributed by atoms with Gasteiger partial charge < -0.3 is 5.11 Å². The van der Waals surface area contributed by atoms with Crippen molar-refractivity contribution in [1.29, 1.82) is 0 Å². The molecule has 0 aromatic carbocycles. The topological polar surface area (TPSA) is 20.2 Å². The first-order valence-electron chi connectivity index (χ1n) is 13.6. The van der Waals surface area contributed by atoms with E-state index in [-0.39, 0.29) is 6.10 Å². The Morgan fingerprint density at radius 2 is 1.77 bits per heavy atom. The van der Waals surface area contributed by atoms with E-state index < -0.39 is 0 Å². The minimum absolute atomic E-state index is 0.0794. The minimum Gasteiger partial charge on any atom is -0.393 e. The van der Waals surface area contributed by atoms with Crippen LogP contribution in [0.2, 0.25) is 0 Å². The Kier molecular flexibility index (Phi) is 6.53. The Balaban J connectivity index is 1.47. The van der Waals surface area contributed by atoms with Gasteiger partial charge in [-0.2, -0.15) is 0 Å². The predicted molar refractivity (Wildman–Crippen MR) is 128 cm³/mol. The molecule has 0 saturated heterocycles. The lowest BCUT2D eigenvalue weighted by atomic mass is 9.47. The molecule has 3 fully saturated rings. The Labute approximate surface area is 187 Å². The highest BCUT2D eigenvalue weighted by molar-refractivity contribution is 5.25. The van der Waals surface area contributed by atoms with Gasteiger partial charge in [0.05, 0.1) is 6.10 Å². The number of allylic oxidation sites excluding steroid dienone is 1. The van der Waals surface area contributed by atoms with Crippen molar-refractivity contribution in [2.45, 2.75) is 118 Å². The molecular formula is C29H50O. The van der Waals surface area contributed by atoms with E-state index in [1.54, 1.807) is 5.57 Å². The molecule has 4 aliphatic rings. The SMILES string of the molecule is CC[C@H](CC[C@H](C)[C@@H]1CC[C@H]2[C@@H]3CC=C4C[C@@H](O)CC[C@@]4(C)[C@H]3CC[C@]21C)C(C)C. The summed E-state index contributed by atoms with van der Waals surface area (Å²) in [6.07, 6.45) is 17.1. The third-order valence-electron chi connectivity index (χ3n) is 11.3. The maximum Gasteiger partial charge on any atom is 0.0577 e.